The van der Waals surface area contributed by atoms with Crippen molar-refractivity contribution in [1.29, 1.82) is 0 Å². The van der Waals surface area contributed by atoms with Crippen LogP contribution in [0.25, 0.3) is 0 Å². The Kier molecular flexibility index (Phi) is 2.08. The van der Waals surface area contributed by atoms with Crippen molar-refractivity contribution >= 4 is 5.78 Å². The number of carbonyl (C=O) groups is 1. The number of hydrogen-bond acceptors (Lipinski definition) is 2. The molecule has 0 amide bonds. The van der Waals surface area contributed by atoms with Crippen LogP contribution in [0.5, 0.6) is 0 Å². The van der Waals surface area contributed by atoms with Crippen molar-refractivity contribution in [2.24, 2.45) is 0 Å². The summed E-state index contributed by atoms with van der Waals surface area (Å²) >= 11 is 0. The van der Waals surface area contributed by atoms with Crippen LogP contribution >= 0.6 is 0 Å². The van der Waals surface area contributed by atoms with Crippen molar-refractivity contribution < 1.29 is 4.79 Å². The third kappa shape index (κ3) is 1.85. The van der Waals surface area contributed by atoms with E-state index in [-0.39, 0.29) is 11.8 Å². The van der Waals surface area contributed by atoms with Gasteiger partial charge in [0.25, 0.3) is 0 Å². The van der Waals surface area contributed by atoms with Crippen LogP contribution in [0.1, 0.15) is 19.8 Å². The molecule has 1 rings (SSSR count). The first kappa shape index (κ1) is 7.30. The second kappa shape index (κ2) is 2.85. The van der Waals surface area contributed by atoms with Crippen LogP contribution in [0, 0.1) is 12.3 Å². The Bertz CT molecular complexity index is 176. The van der Waals surface area contributed by atoms with Gasteiger partial charge in [-0.15, -0.1) is 6.42 Å². The molecule has 1 fully saturated rings. The highest BCUT2D eigenvalue weighted by Gasteiger charge is 2.24. The van der Waals surface area contributed by atoms with Gasteiger partial charge in [-0.2, -0.15) is 0 Å². The Labute approximate surface area is 61.0 Å². The van der Waals surface area contributed by atoms with Gasteiger partial charge < -0.3 is 5.32 Å². The third-order valence-electron chi connectivity index (χ3n) is 1.60. The average molecular weight is 137 g/mol. The Morgan fingerprint density at radius 1 is 1.80 bits per heavy atom. The van der Waals surface area contributed by atoms with Gasteiger partial charge in [0, 0.05) is 6.04 Å². The molecule has 1 unspecified atom stereocenters. The van der Waals surface area contributed by atoms with Gasteiger partial charge in [0.05, 0.1) is 6.04 Å². The number of rotatable bonds is 3. The van der Waals surface area contributed by atoms with Gasteiger partial charge in [-0.25, -0.2) is 0 Å². The van der Waals surface area contributed by atoms with Gasteiger partial charge >= 0.3 is 0 Å². The van der Waals surface area contributed by atoms with E-state index in [1.54, 1.807) is 6.92 Å². The molecule has 1 aliphatic carbocycles. The summed E-state index contributed by atoms with van der Waals surface area (Å²) in [5, 5.41) is 3.11. The molecule has 1 N–H and O–H groups in total. The molecular weight excluding hydrogens is 126 g/mol. The van der Waals surface area contributed by atoms with E-state index < -0.39 is 0 Å². The topological polar surface area (TPSA) is 29.1 Å². The predicted octanol–water partition coefficient (Wildman–Crippen LogP) is 0.329. The molecule has 10 heavy (non-hydrogen) atoms. The second-order valence-corrected chi connectivity index (χ2v) is 2.67. The highest BCUT2D eigenvalue weighted by molar-refractivity contribution is 5.98. The highest BCUT2D eigenvalue weighted by atomic mass is 16.1. The van der Waals surface area contributed by atoms with Gasteiger partial charge in [-0.3, -0.25) is 4.79 Å². The summed E-state index contributed by atoms with van der Waals surface area (Å²) in [7, 11) is 0. The molecule has 0 spiro atoms. The maximum Gasteiger partial charge on any atom is 0.221 e. The monoisotopic (exact) mass is 137 g/mol. The number of terminal acetylenes is 1. The van der Waals surface area contributed by atoms with E-state index in [4.69, 9.17) is 6.42 Å². The quantitative estimate of drug-likeness (QED) is 0.448. The van der Waals surface area contributed by atoms with Crippen LogP contribution in [-0.2, 0) is 4.79 Å². The molecule has 0 aromatic carbocycles. The minimum absolute atomic E-state index is 0.146. The Hall–Kier alpha value is -0.810. The molecule has 54 valence electrons. The fourth-order valence-electron chi connectivity index (χ4n) is 0.804. The summed E-state index contributed by atoms with van der Waals surface area (Å²) in [5.74, 6) is 1.95. The van der Waals surface area contributed by atoms with E-state index in [0.717, 1.165) is 0 Å². The molecule has 0 heterocycles. The van der Waals surface area contributed by atoms with Crippen LogP contribution in [-0.4, -0.2) is 17.9 Å². The zero-order valence-electron chi connectivity index (χ0n) is 6.05. The van der Waals surface area contributed by atoms with Crippen molar-refractivity contribution in [2.75, 3.05) is 0 Å². The van der Waals surface area contributed by atoms with Crippen LogP contribution < -0.4 is 5.32 Å². The van der Waals surface area contributed by atoms with E-state index in [1.807, 2.05) is 0 Å². The summed E-state index contributed by atoms with van der Waals surface area (Å²) < 4.78 is 0. The van der Waals surface area contributed by atoms with Gasteiger partial charge in [0.2, 0.25) is 5.78 Å². The normalized spacial score (nSPS) is 19.6. The van der Waals surface area contributed by atoms with Crippen molar-refractivity contribution in [1.82, 2.24) is 5.32 Å². The lowest BCUT2D eigenvalue weighted by Gasteiger charge is -2.06. The van der Waals surface area contributed by atoms with E-state index in [2.05, 4.69) is 11.2 Å². The fourth-order valence-corrected chi connectivity index (χ4v) is 0.804. The molecule has 2 nitrogen and oxygen atoms in total. The number of ketones is 1. The van der Waals surface area contributed by atoms with E-state index in [0.29, 0.717) is 6.04 Å². The molecule has 0 radical (unpaired) electrons. The van der Waals surface area contributed by atoms with Crippen LogP contribution in [0.4, 0.5) is 0 Å². The fraction of sp³-hybridized carbons (Fsp3) is 0.625. The first-order valence-electron chi connectivity index (χ1n) is 3.50. The minimum Gasteiger partial charge on any atom is -0.304 e. The van der Waals surface area contributed by atoms with E-state index >= 15 is 0 Å². The average Bonchev–Trinajstić information content (AvgIpc) is 2.70. The maximum atomic E-state index is 10.8. The van der Waals surface area contributed by atoms with Crippen molar-refractivity contribution in [3.8, 4) is 12.3 Å². The lowest BCUT2D eigenvalue weighted by molar-refractivity contribution is -0.115. The molecule has 0 bridgehead atoms. The molecule has 0 aromatic rings. The summed E-state index contributed by atoms with van der Waals surface area (Å²) in [4.78, 5) is 10.8. The summed E-state index contributed by atoms with van der Waals surface area (Å²) in [6.45, 7) is 1.81. The van der Waals surface area contributed by atoms with Gasteiger partial charge in [-0.1, -0.05) is 0 Å². The lowest BCUT2D eigenvalue weighted by Crippen LogP contribution is -2.34. The van der Waals surface area contributed by atoms with E-state index in [1.165, 1.54) is 12.8 Å². The highest BCUT2D eigenvalue weighted by Crippen LogP contribution is 2.19. The molecule has 0 aliphatic heterocycles. The van der Waals surface area contributed by atoms with Crippen molar-refractivity contribution in [3.05, 3.63) is 0 Å². The standard InChI is InChI=1S/C8H11NO/c1-3-8(10)6(2)9-7-4-5-7/h1,6-7,9H,4-5H2,2H3. The van der Waals surface area contributed by atoms with Gasteiger partial charge in [-0.05, 0) is 25.7 Å². The van der Waals surface area contributed by atoms with Crippen molar-refractivity contribution in [2.45, 2.75) is 31.8 Å². The van der Waals surface area contributed by atoms with Crippen molar-refractivity contribution in [3.63, 3.8) is 0 Å². The molecule has 1 aliphatic rings. The van der Waals surface area contributed by atoms with E-state index in [9.17, 15) is 4.79 Å². The smallest absolute Gasteiger partial charge is 0.221 e. The molecule has 0 aromatic heterocycles. The predicted molar refractivity (Wildman–Crippen MR) is 39.5 cm³/mol. The number of carbonyl (C=O) groups excluding carboxylic acids is 1. The number of Topliss-reactive ketones (excluding diaryl/α,β-unsaturated/α-hetero) is 1. The SMILES string of the molecule is C#CC(=O)C(C)NC1CC1. The van der Waals surface area contributed by atoms with Crippen LogP contribution in [0.2, 0.25) is 0 Å². The van der Waals surface area contributed by atoms with Crippen LogP contribution in [0.3, 0.4) is 0 Å². The van der Waals surface area contributed by atoms with Gasteiger partial charge in [0.1, 0.15) is 0 Å². The summed E-state index contributed by atoms with van der Waals surface area (Å²) in [5.41, 5.74) is 0. The Morgan fingerprint density at radius 2 is 2.40 bits per heavy atom. The lowest BCUT2D eigenvalue weighted by atomic mass is 10.2. The summed E-state index contributed by atoms with van der Waals surface area (Å²) in [6.07, 6.45) is 7.30. The maximum absolute atomic E-state index is 10.8. The Morgan fingerprint density at radius 3 is 2.80 bits per heavy atom. The van der Waals surface area contributed by atoms with Crippen LogP contribution in [0.15, 0.2) is 0 Å². The molecule has 0 saturated heterocycles. The molecule has 1 atom stereocenters. The second-order valence-electron chi connectivity index (χ2n) is 2.67. The number of hydrogen-bond donors (Lipinski definition) is 1. The summed E-state index contributed by atoms with van der Waals surface area (Å²) in [6, 6.07) is 0.393. The van der Waals surface area contributed by atoms with Gasteiger partial charge in [0.15, 0.2) is 0 Å². The Balaban J connectivity index is 2.26. The molecule has 1 saturated carbocycles. The number of nitrogens with one attached hydrogen (secondary N) is 1. The third-order valence-corrected chi connectivity index (χ3v) is 1.60. The molecular formula is C8H11NO. The zero-order valence-corrected chi connectivity index (χ0v) is 6.05. The largest absolute Gasteiger partial charge is 0.304 e. The first-order chi connectivity index (χ1) is 4.74. The minimum atomic E-state index is -0.155. The first-order valence-corrected chi connectivity index (χ1v) is 3.50. The zero-order chi connectivity index (χ0) is 7.56. The molecule has 2 heteroatoms.